The van der Waals surface area contributed by atoms with Crippen molar-refractivity contribution in [2.45, 2.75) is 0 Å². The fourth-order valence-electron chi connectivity index (χ4n) is 2.90. The van der Waals surface area contributed by atoms with Crippen molar-refractivity contribution in [3.05, 3.63) is 66.5 Å². The van der Waals surface area contributed by atoms with E-state index in [0.29, 0.717) is 28.0 Å². The van der Waals surface area contributed by atoms with Crippen LogP contribution in [-0.2, 0) is 4.79 Å². The van der Waals surface area contributed by atoms with Crippen LogP contribution in [0, 0.1) is 0 Å². The van der Waals surface area contributed by atoms with Crippen LogP contribution in [0.3, 0.4) is 0 Å². The molecule has 0 aliphatic rings. The number of fused-ring (bicyclic) bond motifs is 3. The Morgan fingerprint density at radius 3 is 2.58 bits per heavy atom. The first-order valence-corrected chi connectivity index (χ1v) is 7.93. The zero-order valence-corrected chi connectivity index (χ0v) is 13.9. The number of amides is 1. The summed E-state index contributed by atoms with van der Waals surface area (Å²) in [6.45, 7) is 0. The van der Waals surface area contributed by atoms with Gasteiger partial charge in [-0.2, -0.15) is 0 Å². The van der Waals surface area contributed by atoms with E-state index in [0.717, 1.165) is 5.39 Å². The van der Waals surface area contributed by atoms with Crippen molar-refractivity contribution in [2.24, 2.45) is 0 Å². The smallest absolute Gasteiger partial charge is 0.296 e. The summed E-state index contributed by atoms with van der Waals surface area (Å²) >= 11 is 0. The minimum atomic E-state index is -0.729. The lowest BCUT2D eigenvalue weighted by molar-refractivity contribution is -0.112. The molecule has 0 radical (unpaired) electrons. The Bertz CT molecular complexity index is 1130. The largest absolute Gasteiger partial charge is 0.493 e. The third kappa shape index (κ3) is 2.57. The lowest BCUT2D eigenvalue weighted by Crippen LogP contribution is -2.23. The van der Waals surface area contributed by atoms with Crippen molar-refractivity contribution >= 4 is 39.3 Å². The lowest BCUT2D eigenvalue weighted by Gasteiger charge is -2.07. The number of benzene rings is 2. The summed E-state index contributed by atoms with van der Waals surface area (Å²) < 4.78 is 11.2. The highest BCUT2D eigenvalue weighted by Gasteiger charge is 2.24. The third-order valence-electron chi connectivity index (χ3n) is 4.10. The van der Waals surface area contributed by atoms with Crippen molar-refractivity contribution in [2.75, 3.05) is 12.4 Å². The molecule has 6 heteroatoms. The molecule has 4 aromatic rings. The number of methoxy groups -OCH3 is 1. The van der Waals surface area contributed by atoms with Gasteiger partial charge in [-0.1, -0.05) is 18.2 Å². The normalized spacial score (nSPS) is 10.8. The zero-order chi connectivity index (χ0) is 18.1. The number of aromatic nitrogens is 1. The quantitative estimate of drug-likeness (QED) is 0.449. The Balaban J connectivity index is 1.83. The van der Waals surface area contributed by atoms with E-state index in [4.69, 9.17) is 9.15 Å². The number of nitrogens with zero attached hydrogens (tertiary/aromatic N) is 1. The number of pyridine rings is 1. The van der Waals surface area contributed by atoms with Crippen molar-refractivity contribution in [3.8, 4) is 5.75 Å². The molecule has 2 heterocycles. The summed E-state index contributed by atoms with van der Waals surface area (Å²) in [5, 5.41) is 3.90. The highest BCUT2D eigenvalue weighted by Crippen LogP contribution is 2.37. The SMILES string of the molecule is COc1ccc(C(=O)C(=O)Nc2ccncc2)c2c1oc1ccccc12. The summed E-state index contributed by atoms with van der Waals surface area (Å²) in [6.07, 6.45) is 3.07. The Labute approximate surface area is 148 Å². The van der Waals surface area contributed by atoms with Crippen molar-refractivity contribution in [3.63, 3.8) is 0 Å². The summed E-state index contributed by atoms with van der Waals surface area (Å²) in [5.74, 6) is -0.878. The number of ketones is 1. The maximum absolute atomic E-state index is 12.8. The molecule has 0 saturated heterocycles. The van der Waals surface area contributed by atoms with Gasteiger partial charge in [0.15, 0.2) is 11.3 Å². The molecule has 2 aromatic heterocycles. The lowest BCUT2D eigenvalue weighted by atomic mass is 10.0. The third-order valence-corrected chi connectivity index (χ3v) is 4.10. The van der Waals surface area contributed by atoms with Crippen LogP contribution < -0.4 is 10.1 Å². The monoisotopic (exact) mass is 346 g/mol. The van der Waals surface area contributed by atoms with Gasteiger partial charge in [-0.15, -0.1) is 0 Å². The molecule has 4 rings (SSSR count). The van der Waals surface area contributed by atoms with Gasteiger partial charge in [0, 0.05) is 34.4 Å². The number of furan rings is 1. The number of carbonyl (C=O) groups is 2. The van der Waals surface area contributed by atoms with E-state index in [1.165, 1.54) is 19.5 Å². The molecule has 0 spiro atoms. The Morgan fingerprint density at radius 2 is 1.81 bits per heavy atom. The summed E-state index contributed by atoms with van der Waals surface area (Å²) in [7, 11) is 1.53. The summed E-state index contributed by atoms with van der Waals surface area (Å²) in [6, 6.07) is 13.8. The van der Waals surface area contributed by atoms with E-state index in [1.807, 2.05) is 18.2 Å². The molecule has 2 aromatic carbocycles. The minimum absolute atomic E-state index is 0.261. The number of para-hydroxylation sites is 1. The molecule has 0 aliphatic carbocycles. The molecule has 0 bridgehead atoms. The predicted molar refractivity (Wildman–Crippen MR) is 97.5 cm³/mol. The highest BCUT2D eigenvalue weighted by molar-refractivity contribution is 6.49. The van der Waals surface area contributed by atoms with E-state index in [1.54, 1.807) is 30.3 Å². The highest BCUT2D eigenvalue weighted by atomic mass is 16.5. The molecule has 1 N–H and O–H groups in total. The molecule has 0 aliphatic heterocycles. The van der Waals surface area contributed by atoms with Gasteiger partial charge >= 0.3 is 0 Å². The van der Waals surface area contributed by atoms with Gasteiger partial charge in [-0.05, 0) is 30.3 Å². The van der Waals surface area contributed by atoms with E-state index < -0.39 is 11.7 Å². The second-order valence-corrected chi connectivity index (χ2v) is 5.64. The topological polar surface area (TPSA) is 81.4 Å². The minimum Gasteiger partial charge on any atom is -0.493 e. The summed E-state index contributed by atoms with van der Waals surface area (Å²) in [4.78, 5) is 29.1. The second-order valence-electron chi connectivity index (χ2n) is 5.64. The van der Waals surface area contributed by atoms with Gasteiger partial charge in [-0.25, -0.2) is 0 Å². The second kappa shape index (κ2) is 6.33. The number of ether oxygens (including phenoxy) is 1. The van der Waals surface area contributed by atoms with Gasteiger partial charge in [0.25, 0.3) is 11.7 Å². The Kier molecular flexibility index (Phi) is 3.85. The molecule has 0 unspecified atom stereocenters. The van der Waals surface area contributed by atoms with Crippen LogP contribution in [0.15, 0.2) is 65.3 Å². The Hall–Kier alpha value is -3.67. The predicted octanol–water partition coefficient (Wildman–Crippen LogP) is 3.81. The van der Waals surface area contributed by atoms with E-state index >= 15 is 0 Å². The zero-order valence-electron chi connectivity index (χ0n) is 13.9. The fourth-order valence-corrected chi connectivity index (χ4v) is 2.90. The summed E-state index contributed by atoms with van der Waals surface area (Å²) in [5.41, 5.74) is 1.82. The van der Waals surface area contributed by atoms with Gasteiger partial charge in [0.1, 0.15) is 5.58 Å². The molecule has 0 fully saturated rings. The maximum atomic E-state index is 12.8. The van der Waals surface area contributed by atoms with Crippen LogP contribution in [-0.4, -0.2) is 23.8 Å². The standard InChI is InChI=1S/C20H14N2O4/c1-25-16-7-6-14(17-13-4-2-3-5-15(13)26-19(16)17)18(23)20(24)22-12-8-10-21-11-9-12/h2-11H,1H3,(H,21,22,24). The molecule has 128 valence electrons. The number of anilines is 1. The van der Waals surface area contributed by atoms with Crippen LogP contribution >= 0.6 is 0 Å². The molecule has 6 nitrogen and oxygen atoms in total. The van der Waals surface area contributed by atoms with Crippen molar-refractivity contribution < 1.29 is 18.7 Å². The number of Topliss-reactive ketones (excluding diaryl/α,β-unsaturated/α-hetero) is 1. The maximum Gasteiger partial charge on any atom is 0.296 e. The number of nitrogens with one attached hydrogen (secondary N) is 1. The van der Waals surface area contributed by atoms with E-state index in [2.05, 4.69) is 10.3 Å². The van der Waals surface area contributed by atoms with Crippen molar-refractivity contribution in [1.29, 1.82) is 0 Å². The average molecular weight is 346 g/mol. The van der Waals surface area contributed by atoms with Crippen LogP contribution in [0.4, 0.5) is 5.69 Å². The molecule has 0 atom stereocenters. The fraction of sp³-hybridized carbons (Fsp3) is 0.0500. The van der Waals surface area contributed by atoms with E-state index in [9.17, 15) is 9.59 Å². The van der Waals surface area contributed by atoms with Crippen LogP contribution in [0.2, 0.25) is 0 Å². The molecular weight excluding hydrogens is 332 g/mol. The molecular formula is C20H14N2O4. The first-order valence-electron chi connectivity index (χ1n) is 7.93. The first kappa shape index (κ1) is 15.8. The number of carbonyl (C=O) groups excluding carboxylic acids is 2. The van der Waals surface area contributed by atoms with Gasteiger partial charge < -0.3 is 14.5 Å². The van der Waals surface area contributed by atoms with Gasteiger partial charge in [0.05, 0.1) is 7.11 Å². The van der Waals surface area contributed by atoms with Crippen molar-refractivity contribution in [1.82, 2.24) is 4.98 Å². The van der Waals surface area contributed by atoms with Gasteiger partial charge in [-0.3, -0.25) is 14.6 Å². The van der Waals surface area contributed by atoms with Crippen LogP contribution in [0.25, 0.3) is 21.9 Å². The number of hydrogen-bond acceptors (Lipinski definition) is 5. The van der Waals surface area contributed by atoms with Crippen LogP contribution in [0.1, 0.15) is 10.4 Å². The molecule has 1 amide bonds. The number of hydrogen-bond donors (Lipinski definition) is 1. The molecule has 26 heavy (non-hydrogen) atoms. The van der Waals surface area contributed by atoms with E-state index in [-0.39, 0.29) is 5.56 Å². The average Bonchev–Trinajstić information content (AvgIpc) is 3.07. The van der Waals surface area contributed by atoms with Gasteiger partial charge in [0.2, 0.25) is 0 Å². The molecule has 0 saturated carbocycles. The number of rotatable bonds is 4. The Morgan fingerprint density at radius 1 is 1.04 bits per heavy atom. The van der Waals surface area contributed by atoms with Crippen LogP contribution in [0.5, 0.6) is 5.75 Å². The first-order chi connectivity index (χ1) is 12.7.